The molecule has 5 rings (SSSR count). The van der Waals surface area contributed by atoms with Crippen molar-refractivity contribution in [3.8, 4) is 16.9 Å². The number of rotatable bonds is 9. The van der Waals surface area contributed by atoms with Crippen LogP contribution in [0.2, 0.25) is 0 Å². The van der Waals surface area contributed by atoms with Crippen molar-refractivity contribution in [3.05, 3.63) is 89.2 Å². The van der Waals surface area contributed by atoms with Crippen LogP contribution in [0.5, 0.6) is 5.75 Å². The van der Waals surface area contributed by atoms with E-state index in [2.05, 4.69) is 4.90 Å². The van der Waals surface area contributed by atoms with E-state index in [0.29, 0.717) is 6.42 Å². The van der Waals surface area contributed by atoms with Gasteiger partial charge in [0.25, 0.3) is 5.91 Å². The topological polar surface area (TPSA) is 72.6 Å². The first-order valence-corrected chi connectivity index (χ1v) is 13.4. The van der Waals surface area contributed by atoms with Crippen molar-refractivity contribution < 1.29 is 31.9 Å². The minimum atomic E-state index is -4.35. The molecule has 3 aromatic carbocycles. The summed E-state index contributed by atoms with van der Waals surface area (Å²) in [6.45, 7) is 3.23. The zero-order valence-electron chi connectivity index (χ0n) is 22.1. The number of ketones is 1. The molecule has 2 N–H and O–H groups in total. The van der Waals surface area contributed by atoms with Gasteiger partial charge in [-0.1, -0.05) is 42.5 Å². The Morgan fingerprint density at radius 3 is 2.05 bits per heavy atom. The minimum absolute atomic E-state index is 0.0155. The lowest BCUT2D eigenvalue weighted by molar-refractivity contribution is -0.139. The molecule has 1 saturated carbocycles. The van der Waals surface area contributed by atoms with E-state index in [1.165, 1.54) is 49.2 Å². The van der Waals surface area contributed by atoms with E-state index in [1.54, 1.807) is 30.3 Å². The summed E-state index contributed by atoms with van der Waals surface area (Å²) in [6, 6.07) is 16.9. The molecule has 3 aromatic rings. The van der Waals surface area contributed by atoms with Crippen molar-refractivity contribution in [3.63, 3.8) is 0 Å². The van der Waals surface area contributed by atoms with E-state index in [0.717, 1.165) is 55.6 Å². The van der Waals surface area contributed by atoms with Crippen LogP contribution in [-0.4, -0.2) is 42.3 Å². The smallest absolute Gasteiger partial charge is 0.419 e. The van der Waals surface area contributed by atoms with Gasteiger partial charge in [0.05, 0.1) is 11.7 Å². The van der Waals surface area contributed by atoms with Crippen LogP contribution in [0.1, 0.15) is 53.6 Å². The van der Waals surface area contributed by atoms with Crippen molar-refractivity contribution in [2.75, 3.05) is 19.6 Å². The molecule has 1 heterocycles. The van der Waals surface area contributed by atoms with Gasteiger partial charge in [-0.2, -0.15) is 13.2 Å². The zero-order chi connectivity index (χ0) is 28.7. The molecule has 1 aliphatic heterocycles. The molecule has 0 spiro atoms. The number of primary amides is 1. The van der Waals surface area contributed by atoms with Crippen molar-refractivity contribution in [2.24, 2.45) is 5.73 Å². The highest BCUT2D eigenvalue weighted by Gasteiger charge is 2.36. The molecule has 212 valence electrons. The highest BCUT2D eigenvalue weighted by atomic mass is 19.4. The summed E-state index contributed by atoms with van der Waals surface area (Å²) >= 11 is 0. The van der Waals surface area contributed by atoms with Gasteiger partial charge in [-0.05, 0) is 99.1 Å². The van der Waals surface area contributed by atoms with Crippen molar-refractivity contribution in [1.82, 2.24) is 4.90 Å². The molecule has 9 heteroatoms. The Hall–Kier alpha value is -3.72. The monoisotopic (exact) mass is 556 g/mol. The summed E-state index contributed by atoms with van der Waals surface area (Å²) in [4.78, 5) is 24.4. The maximum atomic E-state index is 13.2. The number of aryl methyl sites for hydroxylation is 1. The lowest BCUT2D eigenvalue weighted by atomic mass is 10.0. The number of likely N-dealkylation sites (tertiary alicyclic amines) is 1. The number of Topliss-reactive ketones (excluding diaryl/α,β-unsaturated/α-hetero) is 1. The molecule has 5 nitrogen and oxygen atoms in total. The van der Waals surface area contributed by atoms with Crippen LogP contribution in [0.15, 0.2) is 66.7 Å². The van der Waals surface area contributed by atoms with Crippen LogP contribution in [0.25, 0.3) is 11.1 Å². The first kappa shape index (κ1) is 29.3. The summed E-state index contributed by atoms with van der Waals surface area (Å²) < 4.78 is 57.7. The Kier molecular flexibility index (Phi) is 9.58. The number of carbonyl (C=O) groups excluding carboxylic acids is 2. The van der Waals surface area contributed by atoms with Gasteiger partial charge in [-0.25, -0.2) is 4.39 Å². The van der Waals surface area contributed by atoms with Gasteiger partial charge >= 0.3 is 6.18 Å². The fraction of sp³-hybridized carbons (Fsp3) is 0.355. The van der Waals surface area contributed by atoms with Gasteiger partial charge in [-0.15, -0.1) is 0 Å². The number of nitrogens with two attached hydrogens (primary N) is 1. The third-order valence-electron chi connectivity index (χ3n) is 6.85. The summed E-state index contributed by atoms with van der Waals surface area (Å²) in [7, 11) is 0. The summed E-state index contributed by atoms with van der Waals surface area (Å²) in [5, 5.41) is 0. The number of ether oxygens (including phenoxy) is 1. The predicted molar refractivity (Wildman–Crippen MR) is 144 cm³/mol. The van der Waals surface area contributed by atoms with Crippen LogP contribution in [-0.2, 0) is 17.4 Å². The van der Waals surface area contributed by atoms with Crippen molar-refractivity contribution in [1.29, 1.82) is 0 Å². The number of hydrogen-bond donors (Lipinski definition) is 1. The molecular weight excluding hydrogens is 524 g/mol. The Balaban J connectivity index is 0.000000189. The first-order valence-electron chi connectivity index (χ1n) is 13.4. The zero-order valence-corrected chi connectivity index (χ0v) is 22.1. The molecule has 0 bridgehead atoms. The van der Waals surface area contributed by atoms with E-state index in [9.17, 15) is 27.2 Å². The number of nitrogens with zero attached hydrogens (tertiary/aromatic N) is 1. The molecule has 1 amide bonds. The molecule has 2 fully saturated rings. The normalized spacial score (nSPS) is 15.3. The molecule has 0 atom stereocenters. The van der Waals surface area contributed by atoms with Gasteiger partial charge in [0.2, 0.25) is 5.78 Å². The summed E-state index contributed by atoms with van der Waals surface area (Å²) in [5.41, 5.74) is 6.92. The van der Waals surface area contributed by atoms with Gasteiger partial charge < -0.3 is 15.4 Å². The molecule has 40 heavy (non-hydrogen) atoms. The Morgan fingerprint density at radius 2 is 1.50 bits per heavy atom. The minimum Gasteiger partial charge on any atom is -0.490 e. The van der Waals surface area contributed by atoms with Crippen LogP contribution in [0.3, 0.4) is 0 Å². The third-order valence-corrected chi connectivity index (χ3v) is 6.85. The molecule has 0 aromatic heterocycles. The highest BCUT2D eigenvalue weighted by Crippen LogP contribution is 2.39. The first-order chi connectivity index (χ1) is 19.1. The van der Waals surface area contributed by atoms with Crippen LogP contribution in [0, 0.1) is 5.82 Å². The lowest BCUT2D eigenvalue weighted by Gasteiger charge is -2.16. The number of carbonyl (C=O) groups is 2. The van der Waals surface area contributed by atoms with Crippen LogP contribution < -0.4 is 10.5 Å². The molecule has 1 saturated heterocycles. The lowest BCUT2D eigenvalue weighted by Crippen LogP contribution is -2.22. The van der Waals surface area contributed by atoms with E-state index >= 15 is 0 Å². The Labute approximate surface area is 230 Å². The quantitative estimate of drug-likeness (QED) is 0.187. The second-order valence-corrected chi connectivity index (χ2v) is 10.1. The number of amides is 1. The second-order valence-electron chi connectivity index (χ2n) is 10.1. The van der Waals surface area contributed by atoms with Crippen LogP contribution >= 0.6 is 0 Å². The van der Waals surface area contributed by atoms with Gasteiger partial charge in [0.15, 0.2) is 0 Å². The fourth-order valence-corrected chi connectivity index (χ4v) is 4.53. The van der Waals surface area contributed by atoms with Crippen molar-refractivity contribution in [2.45, 2.75) is 50.8 Å². The molecule has 2 aliphatic rings. The fourth-order valence-electron chi connectivity index (χ4n) is 4.53. The number of hydrogen-bond acceptors (Lipinski definition) is 4. The average molecular weight is 557 g/mol. The Morgan fingerprint density at radius 1 is 0.900 bits per heavy atom. The van der Waals surface area contributed by atoms with E-state index in [-0.39, 0.29) is 23.2 Å². The molecule has 0 radical (unpaired) electrons. The van der Waals surface area contributed by atoms with E-state index in [4.69, 9.17) is 10.5 Å². The predicted octanol–water partition coefficient (Wildman–Crippen LogP) is 6.44. The number of alkyl halides is 3. The maximum Gasteiger partial charge on any atom is 0.419 e. The number of halogens is 4. The standard InChI is InChI=1S/C17H22F3NO.C14H10FNO2/c18-17(19,20)15-12-13(4-3-11-21-9-1-2-10-21)5-8-16(15)22-14-6-7-14;15-12-7-5-10(6-8-12)9-1-3-11(4-2-9)13(17)14(16)18/h5,8,12,14H,1-4,6-7,9-11H2;1-8H,(H2,16,18). The highest BCUT2D eigenvalue weighted by molar-refractivity contribution is 6.42. The molecular formula is C31H32F4N2O3. The summed E-state index contributed by atoms with van der Waals surface area (Å²) in [6.07, 6.45) is 1.40. The maximum absolute atomic E-state index is 13.2. The van der Waals surface area contributed by atoms with Gasteiger partial charge in [0, 0.05) is 5.56 Å². The van der Waals surface area contributed by atoms with E-state index in [1.807, 2.05) is 0 Å². The molecule has 1 aliphatic carbocycles. The second kappa shape index (κ2) is 13.1. The summed E-state index contributed by atoms with van der Waals surface area (Å²) in [5.74, 6) is -2.03. The SMILES string of the molecule is FC(F)(F)c1cc(CCCN2CCCC2)ccc1OC1CC1.NC(=O)C(=O)c1ccc(-c2ccc(F)cc2)cc1. The van der Waals surface area contributed by atoms with Gasteiger partial charge in [-0.3, -0.25) is 9.59 Å². The van der Waals surface area contributed by atoms with Crippen molar-refractivity contribution >= 4 is 11.7 Å². The third kappa shape index (κ3) is 8.39. The van der Waals surface area contributed by atoms with E-state index < -0.39 is 23.4 Å². The van der Waals surface area contributed by atoms with Crippen LogP contribution in [0.4, 0.5) is 17.6 Å². The number of benzene rings is 3. The Bertz CT molecular complexity index is 1300. The van der Waals surface area contributed by atoms with Gasteiger partial charge in [0.1, 0.15) is 11.6 Å². The largest absolute Gasteiger partial charge is 0.490 e. The molecule has 0 unspecified atom stereocenters. The average Bonchev–Trinajstić information content (AvgIpc) is 3.60.